The predicted molar refractivity (Wildman–Crippen MR) is 6.65 cm³/mol. The Morgan fingerprint density at radius 1 is 0.500 bits per heavy atom. The summed E-state index contributed by atoms with van der Waals surface area (Å²) >= 11 is -8.21. The van der Waals surface area contributed by atoms with Gasteiger partial charge in [0, 0.05) is 0 Å². The van der Waals surface area contributed by atoms with Crippen LogP contribution in [0.15, 0.2) is 0 Å². The Morgan fingerprint density at radius 2 is 0.500 bits per heavy atom. The van der Waals surface area contributed by atoms with Crippen LogP contribution in [-0.2, 0) is 30.0 Å². The van der Waals surface area contributed by atoms with Crippen molar-refractivity contribution in [1.82, 2.24) is 0 Å². The molecular formula is Co2F6. The molecule has 0 spiro atoms. The second kappa shape index (κ2) is 7.59. The Balaban J connectivity index is 0. The molecule has 0 unspecified atom stereocenters. The normalized spacial score (nSPS) is 11.2. The molecule has 0 aromatic rings. The van der Waals surface area contributed by atoms with Crippen LogP contribution < -0.4 is 0 Å². The Bertz CT molecular complexity index is 22.0. The van der Waals surface area contributed by atoms with E-state index in [0.29, 0.717) is 0 Å². The monoisotopic (exact) mass is 232 g/mol. The van der Waals surface area contributed by atoms with E-state index < -0.39 is 30.0 Å². The molecule has 0 atom stereocenters. The van der Waals surface area contributed by atoms with Gasteiger partial charge in [-0.3, -0.25) is 0 Å². The maximum absolute atomic E-state index is 9.73. The Morgan fingerprint density at radius 3 is 0.500 bits per heavy atom. The summed E-state index contributed by atoms with van der Waals surface area (Å²) in [7, 11) is 0. The summed E-state index contributed by atoms with van der Waals surface area (Å²) in [6.45, 7) is 0. The Hall–Kier alpha value is 0.593. The summed E-state index contributed by atoms with van der Waals surface area (Å²) in [5, 5.41) is 0. The van der Waals surface area contributed by atoms with E-state index in [2.05, 4.69) is 0 Å². The van der Waals surface area contributed by atoms with E-state index in [-0.39, 0.29) is 0 Å². The molecule has 0 fully saturated rings. The fourth-order valence-electron chi connectivity index (χ4n) is 0. The van der Waals surface area contributed by atoms with E-state index >= 15 is 0 Å². The van der Waals surface area contributed by atoms with Crippen LogP contribution in [0.2, 0.25) is 0 Å². The fraction of sp³-hybridized carbons (Fsp3) is 0. The van der Waals surface area contributed by atoms with Crippen molar-refractivity contribution < 1.29 is 51.5 Å². The molecule has 0 nitrogen and oxygen atoms in total. The summed E-state index contributed by atoms with van der Waals surface area (Å²) in [4.78, 5) is 0. The van der Waals surface area contributed by atoms with Crippen LogP contribution in [0.1, 0.15) is 0 Å². The molecule has 0 N–H and O–H groups in total. The minimum absolute atomic E-state index is 4.10. The van der Waals surface area contributed by atoms with E-state index in [1.807, 2.05) is 0 Å². The average molecular weight is 232 g/mol. The van der Waals surface area contributed by atoms with Crippen LogP contribution >= 0.6 is 0 Å². The van der Waals surface area contributed by atoms with Crippen LogP contribution in [0, 0.1) is 0 Å². The molecule has 8 heteroatoms. The van der Waals surface area contributed by atoms with Crippen LogP contribution in [-0.4, -0.2) is 0 Å². The van der Waals surface area contributed by atoms with E-state index in [1.54, 1.807) is 0 Å². The topological polar surface area (TPSA) is 0 Å². The van der Waals surface area contributed by atoms with E-state index in [0.717, 1.165) is 0 Å². The van der Waals surface area contributed by atoms with Gasteiger partial charge in [0.05, 0.1) is 0 Å². The van der Waals surface area contributed by atoms with Crippen LogP contribution in [0.3, 0.4) is 0 Å². The summed E-state index contributed by atoms with van der Waals surface area (Å²) in [5.41, 5.74) is 0. The summed E-state index contributed by atoms with van der Waals surface area (Å²) in [6, 6.07) is 0. The summed E-state index contributed by atoms with van der Waals surface area (Å²) in [6.07, 6.45) is 0. The van der Waals surface area contributed by atoms with Crippen LogP contribution in [0.25, 0.3) is 0 Å². The Kier molecular flexibility index (Phi) is 10.8. The van der Waals surface area contributed by atoms with Gasteiger partial charge in [-0.15, -0.1) is 0 Å². The van der Waals surface area contributed by atoms with Crippen molar-refractivity contribution in [2.45, 2.75) is 0 Å². The van der Waals surface area contributed by atoms with E-state index in [4.69, 9.17) is 0 Å². The van der Waals surface area contributed by atoms with Crippen molar-refractivity contribution in [2.24, 2.45) is 0 Å². The number of rotatable bonds is 0. The third-order valence-corrected chi connectivity index (χ3v) is 0. The van der Waals surface area contributed by atoms with Crippen molar-refractivity contribution in [3.8, 4) is 0 Å². The molecule has 0 aromatic heterocycles. The average Bonchev–Trinajstić information content (AvgIpc) is 1.25. The third kappa shape index (κ3) is 587. The number of hydrogen-bond donors (Lipinski definition) is 0. The van der Waals surface area contributed by atoms with Gasteiger partial charge in [0.2, 0.25) is 0 Å². The first kappa shape index (κ1) is 11.4. The zero-order valence-electron chi connectivity index (χ0n) is 2.93. The predicted octanol–water partition coefficient (Wildman–Crippen LogP) is 2.52. The molecule has 0 saturated carbocycles. The van der Waals surface area contributed by atoms with Gasteiger partial charge in [-0.1, -0.05) is 0 Å². The molecule has 0 bridgehead atoms. The molecule has 0 aliphatic rings. The molecule has 0 heterocycles. The summed E-state index contributed by atoms with van der Waals surface area (Å²) in [5.74, 6) is 0. The third-order valence-electron chi connectivity index (χ3n) is 0. The zero-order chi connectivity index (χ0) is 7.15. The van der Waals surface area contributed by atoms with Crippen LogP contribution in [0.5, 0.6) is 0 Å². The van der Waals surface area contributed by atoms with Gasteiger partial charge in [-0.25, -0.2) is 0 Å². The van der Waals surface area contributed by atoms with Crippen molar-refractivity contribution in [1.29, 1.82) is 0 Å². The molecule has 60 valence electrons. The first-order chi connectivity index (χ1) is 3.46. The summed E-state index contributed by atoms with van der Waals surface area (Å²) < 4.78 is 58.4. The number of hydrogen-bond acceptors (Lipinski definition) is 0. The van der Waals surface area contributed by atoms with Crippen LogP contribution in [0.4, 0.5) is 21.5 Å². The maximum atomic E-state index is 9.73. The molecular weight excluding hydrogens is 232 g/mol. The zero-order valence-corrected chi connectivity index (χ0v) is 5.02. The van der Waals surface area contributed by atoms with Gasteiger partial charge in [0.1, 0.15) is 0 Å². The quantitative estimate of drug-likeness (QED) is 0.562. The standard InChI is InChI=1S/2Co.6FH/h;;6*1H/q2*+3;;;;;;/p-6. The van der Waals surface area contributed by atoms with Gasteiger partial charge in [0.15, 0.2) is 0 Å². The van der Waals surface area contributed by atoms with Gasteiger partial charge < -0.3 is 0 Å². The van der Waals surface area contributed by atoms with E-state index in [9.17, 15) is 21.5 Å². The molecule has 0 rings (SSSR count). The molecule has 8 heavy (non-hydrogen) atoms. The first-order valence-corrected chi connectivity index (χ1v) is 3.12. The van der Waals surface area contributed by atoms with Crippen molar-refractivity contribution >= 4 is 0 Å². The number of halogens is 6. The SMILES string of the molecule is [F][Co]([F])[F].[F][Co]([F])[F]. The molecule has 0 aromatic carbocycles. The minimum atomic E-state index is -4.10. The molecule has 0 radical (unpaired) electrons. The molecule has 0 amide bonds. The van der Waals surface area contributed by atoms with E-state index in [1.165, 1.54) is 0 Å². The Labute approximate surface area is 52.1 Å². The van der Waals surface area contributed by atoms with Crippen molar-refractivity contribution in [2.75, 3.05) is 0 Å². The molecule has 0 aliphatic carbocycles. The van der Waals surface area contributed by atoms with Gasteiger partial charge in [-0.2, -0.15) is 0 Å². The van der Waals surface area contributed by atoms with Crippen molar-refractivity contribution in [3.05, 3.63) is 0 Å². The van der Waals surface area contributed by atoms with Crippen molar-refractivity contribution in [3.63, 3.8) is 0 Å². The second-order valence-corrected chi connectivity index (χ2v) is 1.18. The second-order valence-electron chi connectivity index (χ2n) is 0.286. The molecule has 0 saturated heterocycles. The first-order valence-electron chi connectivity index (χ1n) is 0.756. The van der Waals surface area contributed by atoms with Gasteiger partial charge in [0.25, 0.3) is 0 Å². The van der Waals surface area contributed by atoms with Gasteiger partial charge >= 0.3 is 51.5 Å². The van der Waals surface area contributed by atoms with Gasteiger partial charge in [-0.05, 0) is 0 Å². The fourth-order valence-corrected chi connectivity index (χ4v) is 0. The molecule has 0 aliphatic heterocycles.